The molecule has 2 aliphatic heterocycles. The smallest absolute Gasteiger partial charge is 0.338 e. The van der Waals surface area contributed by atoms with Gasteiger partial charge in [-0.1, -0.05) is 0 Å². The Hall–Kier alpha value is -3.09. The second kappa shape index (κ2) is 6.08. The molecule has 1 amide bonds. The molecule has 1 aromatic carbocycles. The molecule has 25 heavy (non-hydrogen) atoms. The van der Waals surface area contributed by atoms with E-state index in [0.717, 1.165) is 25.1 Å². The van der Waals surface area contributed by atoms with Gasteiger partial charge in [0.15, 0.2) is 6.61 Å². The lowest BCUT2D eigenvalue weighted by molar-refractivity contribution is -0.117. The first-order valence-electron chi connectivity index (χ1n) is 8.19. The molecule has 0 bridgehead atoms. The number of aromatic nitrogens is 1. The van der Waals surface area contributed by atoms with Crippen molar-refractivity contribution in [2.24, 2.45) is 0 Å². The van der Waals surface area contributed by atoms with Gasteiger partial charge in [0.1, 0.15) is 6.04 Å². The first-order chi connectivity index (χ1) is 12.1. The highest BCUT2D eigenvalue weighted by molar-refractivity contribution is 6.05. The number of anilines is 2. The number of amides is 1. The number of Topliss-reactive ketones (excluding diaryl/α,β-unsaturated/α-hetero) is 1. The van der Waals surface area contributed by atoms with E-state index in [-0.39, 0.29) is 24.3 Å². The average molecular weight is 339 g/mol. The Morgan fingerprint density at radius 3 is 2.96 bits per heavy atom. The van der Waals surface area contributed by atoms with Crippen LogP contribution in [0.2, 0.25) is 0 Å². The number of ether oxygens (including phenoxy) is 1. The molecule has 0 saturated carbocycles. The van der Waals surface area contributed by atoms with Crippen LogP contribution < -0.4 is 10.2 Å². The Labute approximate surface area is 144 Å². The summed E-state index contributed by atoms with van der Waals surface area (Å²) in [6.07, 6.45) is 3.45. The van der Waals surface area contributed by atoms with E-state index in [0.29, 0.717) is 16.9 Å². The minimum absolute atomic E-state index is 0.0440. The maximum absolute atomic E-state index is 12.2. The molecule has 0 radical (unpaired) electrons. The largest absolute Gasteiger partial charge is 0.454 e. The Morgan fingerprint density at radius 1 is 1.28 bits per heavy atom. The van der Waals surface area contributed by atoms with Crippen molar-refractivity contribution in [3.63, 3.8) is 0 Å². The zero-order valence-electron chi connectivity index (χ0n) is 13.5. The number of H-pyrrole nitrogens is 1. The number of fused-ring (bicyclic) bond motifs is 3. The lowest BCUT2D eigenvalue weighted by Crippen LogP contribution is -2.43. The van der Waals surface area contributed by atoms with Crippen LogP contribution in [0.1, 0.15) is 33.7 Å². The first kappa shape index (κ1) is 15.4. The predicted molar refractivity (Wildman–Crippen MR) is 90.8 cm³/mol. The van der Waals surface area contributed by atoms with Crippen LogP contribution in [0.25, 0.3) is 0 Å². The number of nitrogens with one attached hydrogen (secondary N) is 2. The van der Waals surface area contributed by atoms with Crippen LogP contribution in [0.5, 0.6) is 0 Å². The Morgan fingerprint density at radius 2 is 2.16 bits per heavy atom. The highest BCUT2D eigenvalue weighted by Gasteiger charge is 2.36. The number of carbonyl (C=O) groups excluding carboxylic acids is 3. The highest BCUT2D eigenvalue weighted by atomic mass is 16.5. The van der Waals surface area contributed by atoms with Gasteiger partial charge in [-0.2, -0.15) is 0 Å². The zero-order valence-corrected chi connectivity index (χ0v) is 13.5. The number of esters is 1. The molecular formula is C18H17N3O4. The van der Waals surface area contributed by atoms with E-state index in [9.17, 15) is 14.4 Å². The fourth-order valence-electron chi connectivity index (χ4n) is 3.35. The van der Waals surface area contributed by atoms with Gasteiger partial charge in [0.2, 0.25) is 11.7 Å². The molecule has 1 saturated heterocycles. The van der Waals surface area contributed by atoms with Crippen molar-refractivity contribution in [1.82, 2.24) is 4.98 Å². The van der Waals surface area contributed by atoms with E-state index in [1.54, 1.807) is 30.5 Å². The van der Waals surface area contributed by atoms with Crippen LogP contribution in [0.4, 0.5) is 11.4 Å². The van der Waals surface area contributed by atoms with Gasteiger partial charge < -0.3 is 19.9 Å². The molecule has 1 fully saturated rings. The Balaban J connectivity index is 1.48. The molecule has 0 unspecified atom stereocenters. The van der Waals surface area contributed by atoms with E-state index in [1.165, 1.54) is 0 Å². The summed E-state index contributed by atoms with van der Waals surface area (Å²) in [6.45, 7) is 0.497. The second-order valence-corrected chi connectivity index (χ2v) is 6.16. The summed E-state index contributed by atoms with van der Waals surface area (Å²) in [5, 5.41) is 2.85. The minimum Gasteiger partial charge on any atom is -0.454 e. The molecule has 2 N–H and O–H groups in total. The number of hydrogen-bond acceptors (Lipinski definition) is 5. The molecule has 2 aromatic rings. The highest BCUT2D eigenvalue weighted by Crippen LogP contribution is 2.37. The second-order valence-electron chi connectivity index (χ2n) is 6.16. The molecule has 1 atom stereocenters. The van der Waals surface area contributed by atoms with Gasteiger partial charge in [-0.3, -0.25) is 9.59 Å². The number of benzene rings is 1. The van der Waals surface area contributed by atoms with Crippen molar-refractivity contribution < 1.29 is 19.1 Å². The third kappa shape index (κ3) is 2.77. The van der Waals surface area contributed by atoms with Gasteiger partial charge >= 0.3 is 5.97 Å². The third-order valence-electron chi connectivity index (χ3n) is 4.59. The molecule has 4 rings (SSSR count). The molecule has 1 aromatic heterocycles. The molecule has 0 aliphatic carbocycles. The fourth-order valence-corrected chi connectivity index (χ4v) is 3.35. The van der Waals surface area contributed by atoms with E-state index in [1.807, 2.05) is 6.07 Å². The lowest BCUT2D eigenvalue weighted by Gasteiger charge is -2.33. The number of nitrogens with zero attached hydrogens (tertiary/aromatic N) is 1. The number of hydrogen-bond donors (Lipinski definition) is 2. The quantitative estimate of drug-likeness (QED) is 0.656. The molecule has 0 spiro atoms. The van der Waals surface area contributed by atoms with Gasteiger partial charge in [0, 0.05) is 12.7 Å². The average Bonchev–Trinajstić information content (AvgIpc) is 3.30. The predicted octanol–water partition coefficient (Wildman–Crippen LogP) is 1.98. The minimum atomic E-state index is -0.597. The first-order valence-corrected chi connectivity index (χ1v) is 8.19. The summed E-state index contributed by atoms with van der Waals surface area (Å²) in [5.41, 5.74) is 2.22. The van der Waals surface area contributed by atoms with E-state index >= 15 is 0 Å². The van der Waals surface area contributed by atoms with Gasteiger partial charge in [-0.25, -0.2) is 4.79 Å². The van der Waals surface area contributed by atoms with Crippen molar-refractivity contribution in [2.45, 2.75) is 18.9 Å². The van der Waals surface area contributed by atoms with Crippen LogP contribution in [-0.4, -0.2) is 41.8 Å². The summed E-state index contributed by atoms with van der Waals surface area (Å²) in [4.78, 5) is 41.1. The Bertz CT molecular complexity index is 844. The van der Waals surface area contributed by atoms with Gasteiger partial charge in [-0.05, 0) is 43.2 Å². The maximum atomic E-state index is 12.2. The summed E-state index contributed by atoms with van der Waals surface area (Å²) < 4.78 is 5.08. The fraction of sp³-hybridized carbons (Fsp3) is 0.278. The van der Waals surface area contributed by atoms with Gasteiger partial charge in [0.25, 0.3) is 0 Å². The SMILES string of the molecule is O=C(OCC(=O)c1ccc[nH]1)c1ccc2c(c1)NC(=O)[C@H]1CCCN21. The van der Waals surface area contributed by atoms with Crippen molar-refractivity contribution in [3.8, 4) is 0 Å². The lowest BCUT2D eigenvalue weighted by atomic mass is 10.1. The van der Waals surface area contributed by atoms with Crippen molar-refractivity contribution in [2.75, 3.05) is 23.4 Å². The topological polar surface area (TPSA) is 91.5 Å². The van der Waals surface area contributed by atoms with Crippen LogP contribution >= 0.6 is 0 Å². The standard InChI is InChI=1S/C18H17N3O4/c22-16(12-3-1-7-19-12)10-25-18(24)11-5-6-14-13(9-11)20-17(23)15-4-2-8-21(14)15/h1,3,5-7,9,15,19H,2,4,8,10H2,(H,20,23)/t15-/m1/s1. The number of carbonyl (C=O) groups is 3. The number of ketones is 1. The molecule has 7 nitrogen and oxygen atoms in total. The van der Waals surface area contributed by atoms with Gasteiger partial charge in [-0.15, -0.1) is 0 Å². The molecular weight excluding hydrogens is 322 g/mol. The summed E-state index contributed by atoms with van der Waals surface area (Å²) in [5.74, 6) is -0.942. The number of aromatic amines is 1. The molecule has 128 valence electrons. The van der Waals surface area contributed by atoms with Crippen molar-refractivity contribution in [1.29, 1.82) is 0 Å². The van der Waals surface area contributed by atoms with Crippen LogP contribution in [0.3, 0.4) is 0 Å². The summed E-state index contributed by atoms with van der Waals surface area (Å²) >= 11 is 0. The summed E-state index contributed by atoms with van der Waals surface area (Å²) in [7, 11) is 0. The maximum Gasteiger partial charge on any atom is 0.338 e. The molecule has 3 heterocycles. The van der Waals surface area contributed by atoms with Gasteiger partial charge in [0.05, 0.1) is 22.6 Å². The zero-order chi connectivity index (χ0) is 17.4. The third-order valence-corrected chi connectivity index (χ3v) is 4.59. The van der Waals surface area contributed by atoms with Crippen LogP contribution in [-0.2, 0) is 9.53 Å². The van der Waals surface area contributed by atoms with E-state index in [2.05, 4.69) is 15.2 Å². The van der Waals surface area contributed by atoms with Crippen molar-refractivity contribution >= 4 is 29.0 Å². The summed E-state index contributed by atoms with van der Waals surface area (Å²) in [6, 6.07) is 8.28. The van der Waals surface area contributed by atoms with Crippen LogP contribution in [0, 0.1) is 0 Å². The Kier molecular flexibility index (Phi) is 3.76. The van der Waals surface area contributed by atoms with Crippen LogP contribution in [0.15, 0.2) is 36.5 Å². The van der Waals surface area contributed by atoms with E-state index in [4.69, 9.17) is 4.74 Å². The molecule has 2 aliphatic rings. The molecule has 7 heteroatoms. The van der Waals surface area contributed by atoms with E-state index < -0.39 is 5.97 Å². The normalized spacial score (nSPS) is 18.3. The number of rotatable bonds is 4. The monoisotopic (exact) mass is 339 g/mol. The van der Waals surface area contributed by atoms with Crippen molar-refractivity contribution in [3.05, 3.63) is 47.8 Å².